The van der Waals surface area contributed by atoms with Gasteiger partial charge in [-0.3, -0.25) is 14.3 Å². The van der Waals surface area contributed by atoms with Crippen LogP contribution in [0.4, 0.5) is 5.69 Å². The lowest BCUT2D eigenvalue weighted by Gasteiger charge is -2.09. The number of carbonyl (C=O) groups is 2. The van der Waals surface area contributed by atoms with Crippen LogP contribution in [-0.4, -0.2) is 27.6 Å². The Kier molecular flexibility index (Phi) is 5.66. The smallest absolute Gasteiger partial charge is 0.258 e. The van der Waals surface area contributed by atoms with Gasteiger partial charge in [0.2, 0.25) is 0 Å². The topological polar surface area (TPSA) is 76.0 Å². The summed E-state index contributed by atoms with van der Waals surface area (Å²) in [6, 6.07) is 16.8. The molecule has 0 fully saturated rings. The van der Waals surface area contributed by atoms with Crippen molar-refractivity contribution in [1.82, 2.24) is 15.1 Å². The summed E-state index contributed by atoms with van der Waals surface area (Å²) in [5, 5.41) is 9.89. The summed E-state index contributed by atoms with van der Waals surface area (Å²) in [6.07, 6.45) is 3.26. The van der Waals surface area contributed by atoms with E-state index in [-0.39, 0.29) is 17.9 Å². The van der Waals surface area contributed by atoms with Crippen LogP contribution in [0.3, 0.4) is 0 Å². The monoisotopic (exact) mass is 362 g/mol. The van der Waals surface area contributed by atoms with E-state index >= 15 is 0 Å². The zero-order valence-electron chi connectivity index (χ0n) is 15.3. The number of hydrogen-bond acceptors (Lipinski definition) is 3. The molecule has 6 heteroatoms. The van der Waals surface area contributed by atoms with E-state index in [2.05, 4.69) is 15.7 Å². The molecule has 1 heterocycles. The maximum Gasteiger partial charge on any atom is 0.258 e. The number of carbonyl (C=O) groups excluding carboxylic acids is 2. The Labute approximate surface area is 158 Å². The van der Waals surface area contributed by atoms with Gasteiger partial charge in [-0.05, 0) is 43.7 Å². The quantitative estimate of drug-likeness (QED) is 0.706. The van der Waals surface area contributed by atoms with Gasteiger partial charge in [-0.15, -0.1) is 0 Å². The number of rotatable bonds is 6. The van der Waals surface area contributed by atoms with Crippen LogP contribution in [0.1, 0.15) is 40.1 Å². The molecular formula is C21H22N4O2. The van der Waals surface area contributed by atoms with Crippen LogP contribution in [0.5, 0.6) is 0 Å². The molecule has 0 spiro atoms. The molecule has 0 atom stereocenters. The highest BCUT2D eigenvalue weighted by Crippen LogP contribution is 2.12. The lowest BCUT2D eigenvalue weighted by Crippen LogP contribution is -2.30. The zero-order chi connectivity index (χ0) is 19.2. The van der Waals surface area contributed by atoms with E-state index in [9.17, 15) is 9.59 Å². The van der Waals surface area contributed by atoms with Crippen molar-refractivity contribution in [1.29, 1.82) is 0 Å². The summed E-state index contributed by atoms with van der Waals surface area (Å²) in [6.45, 7) is 4.42. The number of aromatic nitrogens is 2. The lowest BCUT2D eigenvalue weighted by molar-refractivity contribution is 0.0942. The van der Waals surface area contributed by atoms with Crippen molar-refractivity contribution >= 4 is 17.5 Å². The van der Waals surface area contributed by atoms with Crippen molar-refractivity contribution in [2.24, 2.45) is 0 Å². The molecule has 3 aromatic rings. The second kappa shape index (κ2) is 8.31. The summed E-state index contributed by atoms with van der Waals surface area (Å²) in [4.78, 5) is 24.4. The van der Waals surface area contributed by atoms with Crippen LogP contribution in [0.2, 0.25) is 0 Å². The van der Waals surface area contributed by atoms with Gasteiger partial charge in [0, 0.05) is 23.5 Å². The Morgan fingerprint density at radius 1 is 0.963 bits per heavy atom. The molecule has 138 valence electrons. The Morgan fingerprint density at radius 3 is 2.33 bits per heavy atom. The van der Waals surface area contributed by atoms with Gasteiger partial charge in [-0.1, -0.05) is 30.3 Å². The van der Waals surface area contributed by atoms with Crippen molar-refractivity contribution in [3.8, 4) is 0 Å². The third-order valence-corrected chi connectivity index (χ3v) is 3.91. The van der Waals surface area contributed by atoms with Gasteiger partial charge in [-0.2, -0.15) is 5.10 Å². The molecule has 0 bridgehead atoms. The molecular weight excluding hydrogens is 340 g/mol. The van der Waals surface area contributed by atoms with Crippen molar-refractivity contribution in [3.63, 3.8) is 0 Å². The molecule has 0 radical (unpaired) electrons. The molecule has 0 aliphatic rings. The van der Waals surface area contributed by atoms with E-state index in [4.69, 9.17) is 0 Å². The molecule has 2 aromatic carbocycles. The van der Waals surface area contributed by atoms with Crippen molar-refractivity contribution < 1.29 is 9.59 Å². The maximum absolute atomic E-state index is 12.4. The standard InChI is InChI=1S/C21H22N4O2/c1-15(2)23-20(26)17-8-10-19(11-9-17)24-21(27)18-12-22-25(14-18)13-16-6-4-3-5-7-16/h3-12,14-15H,13H2,1-2H3,(H,23,26)(H,24,27). The Hall–Kier alpha value is -3.41. The summed E-state index contributed by atoms with van der Waals surface area (Å²) in [5.41, 5.74) is 2.77. The highest BCUT2D eigenvalue weighted by molar-refractivity contribution is 6.04. The predicted octanol–water partition coefficient (Wildman–Crippen LogP) is 3.32. The minimum Gasteiger partial charge on any atom is -0.350 e. The minimum atomic E-state index is -0.242. The Bertz CT molecular complexity index is 915. The molecule has 6 nitrogen and oxygen atoms in total. The number of anilines is 1. The van der Waals surface area contributed by atoms with Crippen molar-refractivity contribution in [2.45, 2.75) is 26.4 Å². The first-order valence-corrected chi connectivity index (χ1v) is 8.80. The highest BCUT2D eigenvalue weighted by atomic mass is 16.2. The second-order valence-corrected chi connectivity index (χ2v) is 6.57. The minimum absolute atomic E-state index is 0.0734. The largest absolute Gasteiger partial charge is 0.350 e. The Balaban J connectivity index is 1.61. The van der Waals surface area contributed by atoms with Crippen LogP contribution in [0.25, 0.3) is 0 Å². The fourth-order valence-electron chi connectivity index (χ4n) is 2.59. The number of hydrogen-bond donors (Lipinski definition) is 2. The molecule has 2 N–H and O–H groups in total. The molecule has 1 aromatic heterocycles. The van der Waals surface area contributed by atoms with Crippen LogP contribution in [0.15, 0.2) is 67.0 Å². The number of nitrogens with one attached hydrogen (secondary N) is 2. The molecule has 2 amide bonds. The zero-order valence-corrected chi connectivity index (χ0v) is 15.3. The third-order valence-electron chi connectivity index (χ3n) is 3.91. The number of benzene rings is 2. The Morgan fingerprint density at radius 2 is 1.67 bits per heavy atom. The normalized spacial score (nSPS) is 10.6. The fraction of sp³-hybridized carbons (Fsp3) is 0.190. The van der Waals surface area contributed by atoms with Gasteiger partial charge in [0.05, 0.1) is 18.3 Å². The number of nitrogens with zero attached hydrogens (tertiary/aromatic N) is 2. The maximum atomic E-state index is 12.4. The van der Waals surface area contributed by atoms with E-state index in [1.54, 1.807) is 41.3 Å². The molecule has 27 heavy (non-hydrogen) atoms. The first-order valence-electron chi connectivity index (χ1n) is 8.80. The molecule has 0 unspecified atom stereocenters. The lowest BCUT2D eigenvalue weighted by atomic mass is 10.2. The molecule has 0 aliphatic carbocycles. The molecule has 0 saturated heterocycles. The van der Waals surface area contributed by atoms with Crippen LogP contribution in [-0.2, 0) is 6.54 Å². The molecule has 3 rings (SSSR count). The van der Waals surface area contributed by atoms with Crippen LogP contribution in [0, 0.1) is 0 Å². The highest BCUT2D eigenvalue weighted by Gasteiger charge is 2.11. The summed E-state index contributed by atoms with van der Waals surface area (Å²) < 4.78 is 1.73. The third kappa shape index (κ3) is 5.04. The van der Waals surface area contributed by atoms with Gasteiger partial charge in [0.15, 0.2) is 0 Å². The summed E-state index contributed by atoms with van der Waals surface area (Å²) in [7, 11) is 0. The van der Waals surface area contributed by atoms with Gasteiger partial charge < -0.3 is 10.6 Å². The van der Waals surface area contributed by atoms with E-state index in [0.717, 1.165) is 5.56 Å². The van der Waals surface area contributed by atoms with E-state index in [1.807, 2.05) is 44.2 Å². The summed E-state index contributed by atoms with van der Waals surface area (Å²) >= 11 is 0. The van der Waals surface area contributed by atoms with Gasteiger partial charge in [0.1, 0.15) is 0 Å². The predicted molar refractivity (Wildman–Crippen MR) is 105 cm³/mol. The first kappa shape index (κ1) is 18.4. The molecule has 0 aliphatic heterocycles. The van der Waals surface area contributed by atoms with Crippen LogP contribution >= 0.6 is 0 Å². The average molecular weight is 362 g/mol. The van der Waals surface area contributed by atoms with Crippen molar-refractivity contribution in [3.05, 3.63) is 83.7 Å². The number of amides is 2. The van der Waals surface area contributed by atoms with Gasteiger partial charge in [-0.25, -0.2) is 0 Å². The second-order valence-electron chi connectivity index (χ2n) is 6.57. The fourth-order valence-corrected chi connectivity index (χ4v) is 2.59. The van der Waals surface area contributed by atoms with Gasteiger partial charge in [0.25, 0.3) is 11.8 Å². The van der Waals surface area contributed by atoms with Crippen LogP contribution < -0.4 is 10.6 Å². The van der Waals surface area contributed by atoms with E-state index < -0.39 is 0 Å². The van der Waals surface area contributed by atoms with Gasteiger partial charge >= 0.3 is 0 Å². The average Bonchev–Trinajstić information content (AvgIpc) is 3.11. The van der Waals surface area contributed by atoms with Crippen molar-refractivity contribution in [2.75, 3.05) is 5.32 Å². The molecule has 0 saturated carbocycles. The van der Waals surface area contributed by atoms with E-state index in [1.165, 1.54) is 0 Å². The summed E-state index contributed by atoms with van der Waals surface area (Å²) in [5.74, 6) is -0.376. The van der Waals surface area contributed by atoms with E-state index in [0.29, 0.717) is 23.4 Å². The SMILES string of the molecule is CC(C)NC(=O)c1ccc(NC(=O)c2cnn(Cc3ccccc3)c2)cc1. The first-order chi connectivity index (χ1) is 13.0.